The van der Waals surface area contributed by atoms with E-state index in [0.29, 0.717) is 37.3 Å². The second kappa shape index (κ2) is 10.7. The van der Waals surface area contributed by atoms with E-state index in [1.807, 2.05) is 27.7 Å². The van der Waals surface area contributed by atoms with E-state index in [1.54, 1.807) is 24.3 Å². The summed E-state index contributed by atoms with van der Waals surface area (Å²) < 4.78 is 12.0. The zero-order valence-corrected chi connectivity index (χ0v) is 24.4. The number of nitrogens with one attached hydrogen (secondary N) is 2. The summed E-state index contributed by atoms with van der Waals surface area (Å²) in [7, 11) is 0. The van der Waals surface area contributed by atoms with Crippen LogP contribution in [0, 0.1) is 17.3 Å². The summed E-state index contributed by atoms with van der Waals surface area (Å²) in [5.74, 6) is -1.69. The Balaban J connectivity index is 1.64. The lowest BCUT2D eigenvalue weighted by atomic mass is 9.70. The van der Waals surface area contributed by atoms with Gasteiger partial charge in [0.1, 0.15) is 17.4 Å². The molecule has 0 radical (unpaired) electrons. The Bertz CT molecular complexity index is 1080. The normalized spacial score (nSPS) is 28.8. The van der Waals surface area contributed by atoms with Crippen molar-refractivity contribution in [3.63, 3.8) is 0 Å². The monoisotopic (exact) mass is 543 g/mol. The molecule has 3 fully saturated rings. The number of benzene rings is 1. The number of rotatable bonds is 10. The molecule has 1 aromatic carbocycles. The summed E-state index contributed by atoms with van der Waals surface area (Å²) in [4.78, 5) is 43.3. The second-order valence-electron chi connectivity index (χ2n) is 13.1. The van der Waals surface area contributed by atoms with E-state index < -0.39 is 41.2 Å². The molecule has 1 spiro atoms. The third-order valence-electron chi connectivity index (χ3n) is 8.23. The molecule has 3 amide bonds. The van der Waals surface area contributed by atoms with Crippen LogP contribution in [-0.2, 0) is 19.1 Å². The van der Waals surface area contributed by atoms with Crippen LogP contribution in [0.4, 0.5) is 5.69 Å². The Morgan fingerprint density at radius 2 is 1.82 bits per heavy atom. The summed E-state index contributed by atoms with van der Waals surface area (Å²) in [5, 5.41) is 16.3. The van der Waals surface area contributed by atoms with Gasteiger partial charge < -0.3 is 30.1 Å². The van der Waals surface area contributed by atoms with Gasteiger partial charge in [0.2, 0.25) is 17.7 Å². The number of likely N-dealkylation sites (tertiary alicyclic amines) is 1. The molecule has 2 bridgehead atoms. The van der Waals surface area contributed by atoms with Gasteiger partial charge in [0.05, 0.1) is 37.2 Å². The molecule has 0 saturated carbocycles. The molecule has 3 heterocycles. The van der Waals surface area contributed by atoms with Crippen molar-refractivity contribution < 1.29 is 29.0 Å². The maximum Gasteiger partial charge on any atom is 0.246 e. The summed E-state index contributed by atoms with van der Waals surface area (Å²) in [6.45, 7) is 14.4. The van der Waals surface area contributed by atoms with E-state index in [0.717, 1.165) is 6.42 Å². The number of aliphatic hydroxyl groups excluding tert-OH is 1. The summed E-state index contributed by atoms with van der Waals surface area (Å²) in [5.41, 5.74) is -1.05. The average molecular weight is 544 g/mol. The van der Waals surface area contributed by atoms with Gasteiger partial charge in [-0.25, -0.2) is 0 Å². The van der Waals surface area contributed by atoms with Gasteiger partial charge in [-0.2, -0.15) is 0 Å². The number of carbonyl (C=O) groups excluding carboxylic acids is 3. The molecular weight excluding hydrogens is 498 g/mol. The van der Waals surface area contributed by atoms with Gasteiger partial charge in [-0.3, -0.25) is 14.4 Å². The average Bonchev–Trinajstić information content (AvgIpc) is 3.47. The summed E-state index contributed by atoms with van der Waals surface area (Å²) in [6, 6.07) is 5.64. The van der Waals surface area contributed by atoms with Crippen LogP contribution < -0.4 is 15.4 Å². The highest BCUT2D eigenvalue weighted by Crippen LogP contribution is 2.59. The zero-order valence-electron chi connectivity index (χ0n) is 24.4. The minimum Gasteiger partial charge on any atom is -0.494 e. The van der Waals surface area contributed by atoms with Gasteiger partial charge in [-0.05, 0) is 76.1 Å². The van der Waals surface area contributed by atoms with E-state index in [1.165, 1.54) is 4.90 Å². The van der Waals surface area contributed by atoms with Crippen molar-refractivity contribution in [2.45, 2.75) is 103 Å². The fourth-order valence-corrected chi connectivity index (χ4v) is 7.30. The number of fused-ring (bicyclic) bond motifs is 1. The highest BCUT2D eigenvalue weighted by molar-refractivity contribution is 6.02. The fourth-order valence-electron chi connectivity index (χ4n) is 7.30. The van der Waals surface area contributed by atoms with Crippen LogP contribution >= 0.6 is 0 Å². The van der Waals surface area contributed by atoms with Crippen LogP contribution in [0.2, 0.25) is 0 Å². The van der Waals surface area contributed by atoms with Gasteiger partial charge in [0.15, 0.2) is 0 Å². The largest absolute Gasteiger partial charge is 0.494 e. The van der Waals surface area contributed by atoms with E-state index in [-0.39, 0.29) is 29.7 Å². The van der Waals surface area contributed by atoms with E-state index in [9.17, 15) is 19.5 Å². The molecule has 2 unspecified atom stereocenters. The number of aliphatic hydroxyl groups is 1. The maximum atomic E-state index is 14.1. The number of hydrogen-bond donors (Lipinski definition) is 3. The number of ether oxygens (including phenoxy) is 2. The Morgan fingerprint density at radius 1 is 1.15 bits per heavy atom. The van der Waals surface area contributed by atoms with Crippen molar-refractivity contribution >= 4 is 23.4 Å². The van der Waals surface area contributed by atoms with Crippen LogP contribution in [0.1, 0.15) is 74.1 Å². The van der Waals surface area contributed by atoms with Crippen LogP contribution in [0.3, 0.4) is 0 Å². The molecule has 3 N–H and O–H groups in total. The Kier molecular flexibility index (Phi) is 8.07. The van der Waals surface area contributed by atoms with Crippen molar-refractivity contribution in [2.75, 3.05) is 18.5 Å². The van der Waals surface area contributed by atoms with E-state index in [4.69, 9.17) is 9.47 Å². The number of anilines is 1. The second-order valence-corrected chi connectivity index (χ2v) is 13.1. The lowest BCUT2D eigenvalue weighted by Crippen LogP contribution is -2.61. The first kappa shape index (κ1) is 29.3. The number of amides is 3. The minimum absolute atomic E-state index is 0.0216. The Morgan fingerprint density at radius 3 is 2.38 bits per heavy atom. The van der Waals surface area contributed by atoms with Gasteiger partial charge in [-0.15, -0.1) is 0 Å². The topological polar surface area (TPSA) is 117 Å². The molecule has 1 aromatic rings. The molecule has 6 atom stereocenters. The van der Waals surface area contributed by atoms with E-state index >= 15 is 0 Å². The quantitative estimate of drug-likeness (QED) is 0.416. The number of nitrogens with zero attached hydrogens (tertiary/aromatic N) is 1. The van der Waals surface area contributed by atoms with Crippen molar-refractivity contribution in [3.8, 4) is 5.75 Å². The first-order chi connectivity index (χ1) is 18.3. The standard InChI is InChI=1S/C30H45N3O6/c1-8-19(16-34)33-24(26(36)32-29(6,7)17-28(3,4)5)30-15-14-21(39-30)22(23(30)27(33)37)25(35)31-18-10-12-20(13-11-18)38-9-2/h10-13,19,21-24,34H,8-9,14-17H2,1-7H3,(H,31,35)(H,32,36)/t19-,21+,22-,23-,24?,30?/m0/s1. The predicted molar refractivity (Wildman–Crippen MR) is 148 cm³/mol. The SMILES string of the molecule is CCOc1ccc(NC(=O)[C@@H]2[C@H]3C(=O)N([C@@H](CC)CO)C(C(=O)NC(C)(C)CC(C)(C)C)C34CC[C@H]2O4)cc1. The molecule has 9 nitrogen and oxygen atoms in total. The van der Waals surface area contributed by atoms with Crippen molar-refractivity contribution in [2.24, 2.45) is 17.3 Å². The van der Waals surface area contributed by atoms with Crippen molar-refractivity contribution in [1.29, 1.82) is 0 Å². The molecule has 0 aliphatic carbocycles. The number of carbonyl (C=O) groups is 3. The third kappa shape index (κ3) is 5.53. The first-order valence-electron chi connectivity index (χ1n) is 14.2. The molecule has 0 aromatic heterocycles. The molecular formula is C30H45N3O6. The molecule has 3 aliphatic heterocycles. The smallest absolute Gasteiger partial charge is 0.246 e. The summed E-state index contributed by atoms with van der Waals surface area (Å²) in [6.07, 6.45) is 1.86. The van der Waals surface area contributed by atoms with Gasteiger partial charge in [0, 0.05) is 11.2 Å². The highest BCUT2D eigenvalue weighted by Gasteiger charge is 2.75. The Hall–Kier alpha value is -2.65. The summed E-state index contributed by atoms with van der Waals surface area (Å²) >= 11 is 0. The van der Waals surface area contributed by atoms with Gasteiger partial charge in [-0.1, -0.05) is 27.7 Å². The third-order valence-corrected chi connectivity index (χ3v) is 8.23. The molecule has 3 aliphatic rings. The molecule has 3 saturated heterocycles. The van der Waals surface area contributed by atoms with Gasteiger partial charge in [0.25, 0.3) is 0 Å². The van der Waals surface area contributed by atoms with E-state index in [2.05, 4.69) is 31.4 Å². The molecule has 4 rings (SSSR count). The van der Waals surface area contributed by atoms with Crippen LogP contribution in [-0.4, -0.2) is 70.3 Å². The van der Waals surface area contributed by atoms with Crippen molar-refractivity contribution in [1.82, 2.24) is 10.2 Å². The van der Waals surface area contributed by atoms with Crippen LogP contribution in [0.25, 0.3) is 0 Å². The van der Waals surface area contributed by atoms with Gasteiger partial charge >= 0.3 is 0 Å². The highest BCUT2D eigenvalue weighted by atomic mass is 16.5. The molecule has 9 heteroatoms. The van der Waals surface area contributed by atoms with Crippen molar-refractivity contribution in [3.05, 3.63) is 24.3 Å². The molecule has 39 heavy (non-hydrogen) atoms. The molecule has 216 valence electrons. The lowest BCUT2D eigenvalue weighted by Gasteiger charge is -2.40. The minimum atomic E-state index is -1.10. The lowest BCUT2D eigenvalue weighted by molar-refractivity contribution is -0.146. The maximum absolute atomic E-state index is 14.1. The zero-order chi connectivity index (χ0) is 28.8. The number of hydrogen-bond acceptors (Lipinski definition) is 6. The predicted octanol–water partition coefficient (Wildman–Crippen LogP) is 3.50. The Labute approximate surface area is 232 Å². The first-order valence-corrected chi connectivity index (χ1v) is 14.2. The van der Waals surface area contributed by atoms with Crippen LogP contribution in [0.5, 0.6) is 5.75 Å². The van der Waals surface area contributed by atoms with Crippen LogP contribution in [0.15, 0.2) is 24.3 Å². The fraction of sp³-hybridized carbons (Fsp3) is 0.700.